The molecule has 178 valence electrons. The van der Waals surface area contributed by atoms with Crippen LogP contribution in [0.3, 0.4) is 0 Å². The fourth-order valence-electron chi connectivity index (χ4n) is 2.50. The third-order valence-corrected chi connectivity index (χ3v) is 5.45. The van der Waals surface area contributed by atoms with Crippen molar-refractivity contribution in [2.75, 3.05) is 12.9 Å². The highest BCUT2D eigenvalue weighted by Gasteiger charge is 2.46. The minimum absolute atomic E-state index is 0.141. The number of esters is 5. The molecule has 0 aliphatic rings. The van der Waals surface area contributed by atoms with Crippen LogP contribution in [0.15, 0.2) is 4.34 Å². The number of hydrogen-bond donors (Lipinski definition) is 0. The second-order valence-corrected chi connectivity index (χ2v) is 8.30. The molecule has 0 fully saturated rings. The van der Waals surface area contributed by atoms with Crippen molar-refractivity contribution in [3.05, 3.63) is 5.01 Å². The van der Waals surface area contributed by atoms with E-state index < -0.39 is 60.9 Å². The zero-order chi connectivity index (χ0) is 24.4. The van der Waals surface area contributed by atoms with Crippen molar-refractivity contribution in [1.29, 1.82) is 0 Å². The highest BCUT2D eigenvalue weighted by Crippen LogP contribution is 2.33. The van der Waals surface area contributed by atoms with Gasteiger partial charge >= 0.3 is 29.8 Å². The number of ether oxygens (including phenoxy) is 5. The van der Waals surface area contributed by atoms with Crippen LogP contribution in [-0.2, 0) is 47.7 Å². The van der Waals surface area contributed by atoms with Gasteiger partial charge in [-0.15, -0.1) is 10.2 Å². The van der Waals surface area contributed by atoms with Crippen LogP contribution in [0.25, 0.3) is 0 Å². The molecular weight excluding hydrogens is 468 g/mol. The molecule has 1 aromatic heterocycles. The van der Waals surface area contributed by atoms with Crippen molar-refractivity contribution in [3.63, 3.8) is 0 Å². The summed E-state index contributed by atoms with van der Waals surface area (Å²) in [5, 5.41) is 8.05. The van der Waals surface area contributed by atoms with Gasteiger partial charge in [0, 0.05) is 34.6 Å². The first-order valence-corrected chi connectivity index (χ1v) is 11.2. The summed E-state index contributed by atoms with van der Waals surface area (Å²) < 4.78 is 26.6. The van der Waals surface area contributed by atoms with E-state index in [1.54, 1.807) is 6.26 Å². The number of thioether (sulfide) groups is 1. The number of aromatic nitrogens is 2. The Kier molecular flexibility index (Phi) is 11.1. The number of nitrogens with zero attached hydrogens (tertiary/aromatic N) is 2. The van der Waals surface area contributed by atoms with Gasteiger partial charge in [-0.05, 0) is 6.26 Å². The van der Waals surface area contributed by atoms with Gasteiger partial charge in [0.05, 0.1) is 0 Å². The molecule has 4 atom stereocenters. The highest BCUT2D eigenvalue weighted by molar-refractivity contribution is 8.00. The van der Waals surface area contributed by atoms with E-state index in [0.717, 1.165) is 46.0 Å². The van der Waals surface area contributed by atoms with Crippen molar-refractivity contribution in [2.45, 2.75) is 63.4 Å². The molecule has 0 aliphatic heterocycles. The van der Waals surface area contributed by atoms with Gasteiger partial charge in [-0.2, -0.15) is 0 Å². The number of carbonyl (C=O) groups excluding carboxylic acids is 5. The Hall–Kier alpha value is -2.74. The first kappa shape index (κ1) is 27.3. The molecule has 1 rings (SSSR count). The normalized spacial score (nSPS) is 14.3. The molecule has 12 nitrogen and oxygen atoms in total. The standard InChI is InChI=1S/C18H24N2O10S2/c1-8(21)26-7-13(27-9(2)22)14(28-10(3)23)15(29-11(4)24)16(30-12(5)25)17-19-20-18(31-6)32-17/h13-16H,7H2,1-6H3/t13-,14-,15+,16+/m1/s1. The summed E-state index contributed by atoms with van der Waals surface area (Å²) in [4.78, 5) is 58.6. The topological polar surface area (TPSA) is 157 Å². The fraction of sp³-hybridized carbons (Fsp3) is 0.611. The Bertz CT molecular complexity index is 843. The van der Waals surface area contributed by atoms with Crippen LogP contribution in [0, 0.1) is 0 Å². The molecule has 0 bridgehead atoms. The predicted octanol–water partition coefficient (Wildman–Crippen LogP) is 1.22. The first-order valence-electron chi connectivity index (χ1n) is 9.14. The lowest BCUT2D eigenvalue weighted by Crippen LogP contribution is -2.50. The quantitative estimate of drug-likeness (QED) is 0.247. The van der Waals surface area contributed by atoms with Crippen LogP contribution < -0.4 is 0 Å². The fourth-order valence-corrected chi connectivity index (χ4v) is 3.85. The molecule has 1 heterocycles. The maximum atomic E-state index is 11.9. The molecule has 0 spiro atoms. The van der Waals surface area contributed by atoms with Gasteiger partial charge in [-0.3, -0.25) is 24.0 Å². The second-order valence-electron chi connectivity index (χ2n) is 6.24. The molecule has 0 saturated heterocycles. The lowest BCUT2D eigenvalue weighted by atomic mass is 10.0. The maximum absolute atomic E-state index is 11.9. The Balaban J connectivity index is 3.55. The third kappa shape index (κ3) is 9.18. The molecular formula is C18H24N2O10S2. The molecule has 0 radical (unpaired) electrons. The summed E-state index contributed by atoms with van der Waals surface area (Å²) in [7, 11) is 0. The monoisotopic (exact) mass is 492 g/mol. The summed E-state index contributed by atoms with van der Waals surface area (Å²) in [6.07, 6.45) is -4.04. The van der Waals surface area contributed by atoms with Crippen molar-refractivity contribution in [1.82, 2.24) is 10.2 Å². The van der Waals surface area contributed by atoms with Crippen molar-refractivity contribution < 1.29 is 47.7 Å². The van der Waals surface area contributed by atoms with Gasteiger partial charge in [0.25, 0.3) is 0 Å². The minimum Gasteiger partial charge on any atom is -0.462 e. The Morgan fingerprint density at radius 1 is 0.781 bits per heavy atom. The van der Waals surface area contributed by atoms with Gasteiger partial charge in [0.2, 0.25) is 0 Å². The second kappa shape index (κ2) is 13.0. The van der Waals surface area contributed by atoms with Crippen LogP contribution in [-0.4, -0.2) is 71.2 Å². The summed E-state index contributed by atoms with van der Waals surface area (Å²) in [6, 6.07) is 0. The summed E-state index contributed by atoms with van der Waals surface area (Å²) in [6.45, 7) is 4.98. The van der Waals surface area contributed by atoms with Gasteiger partial charge in [0.1, 0.15) is 6.61 Å². The predicted molar refractivity (Wildman–Crippen MR) is 109 cm³/mol. The first-order chi connectivity index (χ1) is 14.9. The molecule has 32 heavy (non-hydrogen) atoms. The van der Waals surface area contributed by atoms with E-state index in [9.17, 15) is 24.0 Å². The van der Waals surface area contributed by atoms with Crippen molar-refractivity contribution in [2.24, 2.45) is 0 Å². The lowest BCUT2D eigenvalue weighted by molar-refractivity contribution is -0.203. The molecule has 0 aliphatic carbocycles. The Labute approximate surface area is 192 Å². The van der Waals surface area contributed by atoms with Crippen molar-refractivity contribution in [3.8, 4) is 0 Å². The largest absolute Gasteiger partial charge is 0.462 e. The van der Waals surface area contributed by atoms with Gasteiger partial charge in [-0.1, -0.05) is 23.1 Å². The lowest BCUT2D eigenvalue weighted by Gasteiger charge is -2.34. The molecule has 0 amide bonds. The molecule has 14 heteroatoms. The van der Waals surface area contributed by atoms with Gasteiger partial charge < -0.3 is 23.7 Å². The van der Waals surface area contributed by atoms with Crippen LogP contribution >= 0.6 is 23.1 Å². The number of rotatable bonds is 11. The molecule has 1 aromatic rings. The minimum atomic E-state index is -1.52. The zero-order valence-corrected chi connectivity index (χ0v) is 19.9. The average Bonchev–Trinajstić information content (AvgIpc) is 3.14. The number of carbonyl (C=O) groups is 5. The highest BCUT2D eigenvalue weighted by atomic mass is 32.2. The van der Waals surface area contributed by atoms with Gasteiger partial charge in [0.15, 0.2) is 33.8 Å². The summed E-state index contributed by atoms with van der Waals surface area (Å²) in [5.74, 6) is -3.87. The molecule has 0 N–H and O–H groups in total. The molecule has 0 saturated carbocycles. The van der Waals surface area contributed by atoms with E-state index in [2.05, 4.69) is 10.2 Å². The molecule has 0 unspecified atom stereocenters. The van der Waals surface area contributed by atoms with E-state index in [-0.39, 0.29) is 5.01 Å². The summed E-state index contributed by atoms with van der Waals surface area (Å²) >= 11 is 2.34. The smallest absolute Gasteiger partial charge is 0.303 e. The SMILES string of the molecule is CSc1nnc([C@@H](OC(C)=O)[C@@H](OC(C)=O)[C@H](OC(C)=O)[C@@H](COC(C)=O)OC(C)=O)s1. The molecule has 0 aromatic carbocycles. The van der Waals surface area contributed by atoms with E-state index in [0.29, 0.717) is 4.34 Å². The van der Waals surface area contributed by atoms with Gasteiger partial charge in [-0.25, -0.2) is 0 Å². The Morgan fingerprint density at radius 2 is 1.31 bits per heavy atom. The third-order valence-electron chi connectivity index (χ3n) is 3.49. The summed E-state index contributed by atoms with van der Waals surface area (Å²) in [5.41, 5.74) is 0. The van der Waals surface area contributed by atoms with Crippen LogP contribution in [0.4, 0.5) is 0 Å². The van der Waals surface area contributed by atoms with Crippen LogP contribution in [0.2, 0.25) is 0 Å². The van der Waals surface area contributed by atoms with Crippen molar-refractivity contribution >= 4 is 52.9 Å². The average molecular weight is 493 g/mol. The maximum Gasteiger partial charge on any atom is 0.303 e. The van der Waals surface area contributed by atoms with E-state index in [1.807, 2.05) is 0 Å². The van der Waals surface area contributed by atoms with Crippen LogP contribution in [0.1, 0.15) is 45.7 Å². The Morgan fingerprint density at radius 3 is 1.75 bits per heavy atom. The zero-order valence-electron chi connectivity index (χ0n) is 18.3. The number of hydrogen-bond acceptors (Lipinski definition) is 14. The van der Waals surface area contributed by atoms with E-state index in [4.69, 9.17) is 23.7 Å². The van der Waals surface area contributed by atoms with E-state index >= 15 is 0 Å². The van der Waals surface area contributed by atoms with E-state index in [1.165, 1.54) is 11.8 Å². The van der Waals surface area contributed by atoms with Crippen LogP contribution in [0.5, 0.6) is 0 Å².